The molecule has 2 heterocycles. The average Bonchev–Trinajstić information content (AvgIpc) is 2.74. The van der Waals surface area contributed by atoms with E-state index < -0.39 is 0 Å². The molecule has 6 nitrogen and oxygen atoms in total. The number of rotatable bonds is 5. The van der Waals surface area contributed by atoms with E-state index in [9.17, 15) is 0 Å². The lowest BCUT2D eigenvalue weighted by Gasteiger charge is -2.33. The highest BCUT2D eigenvalue weighted by atomic mass is 16.5. The molecule has 0 saturated carbocycles. The summed E-state index contributed by atoms with van der Waals surface area (Å²) in [5, 5.41) is 14.5. The van der Waals surface area contributed by atoms with Crippen LogP contribution in [0.5, 0.6) is 0 Å². The Labute approximate surface area is 107 Å². The third-order valence-corrected chi connectivity index (χ3v) is 2.97. The highest BCUT2D eigenvalue weighted by molar-refractivity contribution is 5.24. The molecule has 0 bridgehead atoms. The molecule has 1 aliphatic heterocycles. The van der Waals surface area contributed by atoms with Gasteiger partial charge in [0.2, 0.25) is 5.89 Å². The van der Waals surface area contributed by atoms with E-state index >= 15 is 0 Å². The van der Waals surface area contributed by atoms with Gasteiger partial charge in [0, 0.05) is 12.6 Å². The number of nitrogens with zero attached hydrogens (tertiary/aromatic N) is 2. The minimum absolute atomic E-state index is 0.104. The van der Waals surface area contributed by atoms with E-state index in [-0.39, 0.29) is 5.54 Å². The van der Waals surface area contributed by atoms with Crippen molar-refractivity contribution in [2.75, 3.05) is 18.5 Å². The van der Waals surface area contributed by atoms with Crippen LogP contribution in [-0.4, -0.2) is 35.0 Å². The molecule has 18 heavy (non-hydrogen) atoms. The maximum atomic E-state index is 5.55. The minimum atomic E-state index is -0.104. The molecular formula is C12H22N4O2. The first-order chi connectivity index (χ1) is 8.57. The van der Waals surface area contributed by atoms with E-state index in [4.69, 9.17) is 9.15 Å². The summed E-state index contributed by atoms with van der Waals surface area (Å²) in [6, 6.07) is 0.876. The molecule has 1 aromatic rings. The summed E-state index contributed by atoms with van der Waals surface area (Å²) in [5.74, 6) is 0.603. The van der Waals surface area contributed by atoms with Crippen molar-refractivity contribution in [1.82, 2.24) is 15.5 Å². The summed E-state index contributed by atoms with van der Waals surface area (Å²) in [4.78, 5) is 0. The van der Waals surface area contributed by atoms with Crippen molar-refractivity contribution in [1.29, 1.82) is 0 Å². The first-order valence-electron chi connectivity index (χ1n) is 6.49. The van der Waals surface area contributed by atoms with Gasteiger partial charge in [0.05, 0.1) is 18.7 Å². The molecule has 6 heteroatoms. The number of nitrogens with one attached hydrogen (secondary N) is 2. The Morgan fingerprint density at radius 3 is 2.89 bits per heavy atom. The lowest BCUT2D eigenvalue weighted by atomic mass is 9.95. The number of hydrogen-bond acceptors (Lipinski definition) is 6. The van der Waals surface area contributed by atoms with E-state index in [1.165, 1.54) is 0 Å². The Hall–Kier alpha value is -1.14. The average molecular weight is 254 g/mol. The van der Waals surface area contributed by atoms with Crippen LogP contribution in [0.15, 0.2) is 4.42 Å². The van der Waals surface area contributed by atoms with Crippen LogP contribution in [0.1, 0.15) is 39.5 Å². The van der Waals surface area contributed by atoms with Gasteiger partial charge in [-0.15, -0.1) is 5.10 Å². The topological polar surface area (TPSA) is 72.2 Å². The summed E-state index contributed by atoms with van der Waals surface area (Å²) in [7, 11) is 0. The number of anilines is 1. The van der Waals surface area contributed by atoms with Crippen LogP contribution in [0.4, 0.5) is 6.01 Å². The monoisotopic (exact) mass is 254 g/mol. The lowest BCUT2D eigenvalue weighted by Crippen LogP contribution is -2.43. The second kappa shape index (κ2) is 5.67. The molecule has 1 fully saturated rings. The molecule has 1 saturated heterocycles. The highest BCUT2D eigenvalue weighted by Crippen LogP contribution is 2.23. The standard InChI is InChI=1S/C12H22N4O2/c1-9(2)13-7-10-15-16-11(18-10)14-12(3)5-4-6-17-8-12/h9,13H,4-8H2,1-3H3,(H,14,16). The maximum Gasteiger partial charge on any atom is 0.316 e. The van der Waals surface area contributed by atoms with E-state index in [1.54, 1.807) is 0 Å². The smallest absolute Gasteiger partial charge is 0.316 e. The number of hydrogen-bond donors (Lipinski definition) is 2. The highest BCUT2D eigenvalue weighted by Gasteiger charge is 2.29. The van der Waals surface area contributed by atoms with Gasteiger partial charge in [-0.1, -0.05) is 18.9 Å². The normalized spacial score (nSPS) is 24.4. The van der Waals surface area contributed by atoms with E-state index in [0.717, 1.165) is 19.4 Å². The summed E-state index contributed by atoms with van der Waals surface area (Å²) < 4.78 is 11.0. The predicted octanol–water partition coefficient (Wildman–Crippen LogP) is 1.55. The van der Waals surface area contributed by atoms with Crippen LogP contribution in [0, 0.1) is 0 Å². The molecule has 2 rings (SSSR count). The number of aromatic nitrogens is 2. The fraction of sp³-hybridized carbons (Fsp3) is 0.833. The van der Waals surface area contributed by atoms with Crippen LogP contribution < -0.4 is 10.6 Å². The fourth-order valence-electron chi connectivity index (χ4n) is 1.96. The SMILES string of the molecule is CC(C)NCc1nnc(NC2(C)CCCOC2)o1. The third-order valence-electron chi connectivity index (χ3n) is 2.97. The van der Waals surface area contributed by atoms with Gasteiger partial charge in [0.1, 0.15) is 0 Å². The molecular weight excluding hydrogens is 232 g/mol. The molecule has 2 N–H and O–H groups in total. The van der Waals surface area contributed by atoms with Gasteiger partial charge >= 0.3 is 6.01 Å². The first kappa shape index (κ1) is 13.3. The van der Waals surface area contributed by atoms with Crippen molar-refractivity contribution in [3.05, 3.63) is 5.89 Å². The molecule has 1 unspecified atom stereocenters. The Kier molecular flexibility index (Phi) is 4.19. The zero-order valence-corrected chi connectivity index (χ0v) is 11.3. The van der Waals surface area contributed by atoms with Crippen molar-refractivity contribution in [2.45, 2.75) is 51.7 Å². The summed E-state index contributed by atoms with van der Waals surface area (Å²) in [6.07, 6.45) is 2.11. The predicted molar refractivity (Wildman–Crippen MR) is 68.4 cm³/mol. The Balaban J connectivity index is 1.89. The zero-order chi connectivity index (χ0) is 13.0. The van der Waals surface area contributed by atoms with Gasteiger partial charge in [0.25, 0.3) is 0 Å². The molecule has 0 amide bonds. The van der Waals surface area contributed by atoms with Gasteiger partial charge < -0.3 is 19.8 Å². The van der Waals surface area contributed by atoms with E-state index in [2.05, 4.69) is 41.6 Å². The Morgan fingerprint density at radius 2 is 2.22 bits per heavy atom. The van der Waals surface area contributed by atoms with Gasteiger partial charge in [-0.05, 0) is 19.8 Å². The van der Waals surface area contributed by atoms with E-state index in [1.807, 2.05) is 0 Å². The zero-order valence-electron chi connectivity index (χ0n) is 11.3. The Morgan fingerprint density at radius 1 is 1.39 bits per heavy atom. The van der Waals surface area contributed by atoms with E-state index in [0.29, 0.717) is 31.1 Å². The van der Waals surface area contributed by atoms with Crippen LogP contribution in [0.25, 0.3) is 0 Å². The second-order valence-corrected chi connectivity index (χ2v) is 5.38. The van der Waals surface area contributed by atoms with Gasteiger partial charge in [-0.2, -0.15) is 0 Å². The number of ether oxygens (including phenoxy) is 1. The summed E-state index contributed by atoms with van der Waals surface area (Å²) in [5.41, 5.74) is -0.104. The van der Waals surface area contributed by atoms with Crippen LogP contribution in [0.2, 0.25) is 0 Å². The van der Waals surface area contributed by atoms with Crippen molar-refractivity contribution in [2.24, 2.45) is 0 Å². The fourth-order valence-corrected chi connectivity index (χ4v) is 1.96. The quantitative estimate of drug-likeness (QED) is 0.830. The second-order valence-electron chi connectivity index (χ2n) is 5.38. The molecule has 0 aromatic carbocycles. The summed E-state index contributed by atoms with van der Waals surface area (Å²) >= 11 is 0. The summed E-state index contributed by atoms with van der Waals surface area (Å²) in [6.45, 7) is 8.38. The lowest BCUT2D eigenvalue weighted by molar-refractivity contribution is 0.0530. The molecule has 1 aliphatic rings. The van der Waals surface area contributed by atoms with Gasteiger partial charge in [-0.3, -0.25) is 0 Å². The van der Waals surface area contributed by atoms with Gasteiger partial charge in [0.15, 0.2) is 0 Å². The van der Waals surface area contributed by atoms with Crippen molar-refractivity contribution in [3.8, 4) is 0 Å². The van der Waals surface area contributed by atoms with Gasteiger partial charge in [-0.25, -0.2) is 0 Å². The molecule has 1 aromatic heterocycles. The van der Waals surface area contributed by atoms with Crippen LogP contribution >= 0.6 is 0 Å². The van der Waals surface area contributed by atoms with Crippen molar-refractivity contribution in [3.63, 3.8) is 0 Å². The first-order valence-corrected chi connectivity index (χ1v) is 6.49. The third kappa shape index (κ3) is 3.68. The van der Waals surface area contributed by atoms with Crippen LogP contribution in [-0.2, 0) is 11.3 Å². The molecule has 0 aliphatic carbocycles. The van der Waals surface area contributed by atoms with Crippen LogP contribution in [0.3, 0.4) is 0 Å². The minimum Gasteiger partial charge on any atom is -0.407 e. The molecule has 1 atom stereocenters. The largest absolute Gasteiger partial charge is 0.407 e. The van der Waals surface area contributed by atoms with Crippen molar-refractivity contribution >= 4 is 6.01 Å². The molecule has 0 spiro atoms. The Bertz CT molecular complexity index is 372. The maximum absolute atomic E-state index is 5.55. The molecule has 0 radical (unpaired) electrons. The molecule has 102 valence electrons. The van der Waals surface area contributed by atoms with Crippen molar-refractivity contribution < 1.29 is 9.15 Å².